The fraction of sp³-hybridized carbons (Fsp3) is 0.500. The molecule has 1 radical (unpaired) electrons. The van der Waals surface area contributed by atoms with Crippen LogP contribution in [0.2, 0.25) is 0 Å². The molecule has 0 aliphatic rings. The first-order valence-electron chi connectivity index (χ1n) is 17.1. The Bertz CT molecular complexity index is 1670. The average Bonchev–Trinajstić information content (AvgIpc) is 3.69. The Morgan fingerprint density at radius 1 is 0.645 bits per heavy atom. The van der Waals surface area contributed by atoms with E-state index in [1.54, 1.807) is 0 Å². The number of carbonyl (C=O) groups excluding carboxylic acids is 9. The van der Waals surface area contributed by atoms with Crippen LogP contribution in [0.3, 0.4) is 0 Å². The molecule has 1 aromatic heterocycles. The van der Waals surface area contributed by atoms with Gasteiger partial charge in [0, 0.05) is 52.6 Å². The third-order valence-electron chi connectivity index (χ3n) is 6.76. The number of carbonyl (C=O) groups is 11. The van der Waals surface area contributed by atoms with Crippen LogP contribution >= 0.6 is 0 Å². The fourth-order valence-electron chi connectivity index (χ4n) is 3.97. The van der Waals surface area contributed by atoms with Crippen molar-refractivity contribution in [3.63, 3.8) is 0 Å². The van der Waals surface area contributed by atoms with Gasteiger partial charge in [0.1, 0.15) is 18.6 Å². The topological polar surface area (TPSA) is 453 Å². The van der Waals surface area contributed by atoms with Crippen molar-refractivity contribution in [2.24, 2.45) is 5.73 Å². The molecule has 1 aromatic rings. The summed E-state index contributed by atoms with van der Waals surface area (Å²) in [6, 6.07) is -2.38. The van der Waals surface area contributed by atoms with E-state index in [1.807, 2.05) is 0 Å². The molecule has 341 valence electrons. The van der Waals surface area contributed by atoms with Gasteiger partial charge in [0.25, 0.3) is 0 Å². The van der Waals surface area contributed by atoms with E-state index in [1.165, 1.54) is 10.9 Å². The van der Waals surface area contributed by atoms with E-state index in [-0.39, 0.29) is 65.9 Å². The minimum absolute atomic E-state index is 0. The number of aromatic nitrogens is 3. The maximum absolute atomic E-state index is 12.2. The van der Waals surface area contributed by atoms with E-state index in [2.05, 4.69) is 78.1 Å². The molecular weight excluding hydrogens is 1010 g/mol. The smallest absolute Gasteiger partial charge is 0 e. The summed E-state index contributed by atoms with van der Waals surface area (Å²) in [7, 11) is 0. The molecular formula is C32H45N13O16Re. The van der Waals surface area contributed by atoms with Gasteiger partial charge >= 0.3 is 45.8 Å². The summed E-state index contributed by atoms with van der Waals surface area (Å²) in [5.74, 6) is -7.82. The van der Waals surface area contributed by atoms with Gasteiger partial charge in [0.2, 0.25) is 53.7 Å². The fourth-order valence-corrected chi connectivity index (χ4v) is 3.97. The predicted molar refractivity (Wildman–Crippen MR) is 194 cm³/mol. The number of nitrogens with two attached hydrogens (primary N) is 1. The molecule has 9 amide bonds. The van der Waals surface area contributed by atoms with E-state index in [9.17, 15) is 57.8 Å². The first-order chi connectivity index (χ1) is 29.1. The molecule has 0 aliphatic heterocycles. The number of carboxylic acids is 2. The number of unbranched alkanes of at least 4 members (excludes halogenated alkanes) is 1. The molecule has 0 spiro atoms. The van der Waals surface area contributed by atoms with Crippen LogP contribution in [0.25, 0.3) is 0 Å². The second-order valence-corrected chi connectivity index (χ2v) is 11.3. The van der Waals surface area contributed by atoms with E-state index >= 15 is 0 Å². The largest absolute Gasteiger partial charge is 0 e. The quantitative estimate of drug-likeness (QED) is 0.0161. The molecule has 13 N–H and O–H groups in total. The molecule has 2 atom stereocenters. The van der Waals surface area contributed by atoms with Gasteiger partial charge in [-0.2, -0.15) is 0 Å². The SMILES string of the molecule is N[C@H](Cc1cn(CC(=O)NCCCCC(NC(=O)CCNC(=O)CNC(=O)CNC(=O)CNC(=O)CNC(=O)CNC(=O)CNC=O)C(=O)O)nn1)C(=O)O.[C-]#[O+].[C-]#[O+].[C-]#[O+].[Re]. The van der Waals surface area contributed by atoms with Crippen LogP contribution in [-0.4, -0.2) is 155 Å². The second-order valence-electron chi connectivity index (χ2n) is 11.3. The molecule has 0 bridgehead atoms. The molecule has 0 saturated heterocycles. The van der Waals surface area contributed by atoms with Gasteiger partial charge in [-0.1, -0.05) is 5.21 Å². The molecule has 0 saturated carbocycles. The normalized spacial score (nSPS) is 10.2. The van der Waals surface area contributed by atoms with Crippen LogP contribution in [0.5, 0.6) is 0 Å². The number of carboxylic acid groups (broad SMARTS) is 2. The minimum Gasteiger partial charge on any atom is 0 e. The molecule has 0 aliphatic carbocycles. The van der Waals surface area contributed by atoms with E-state index in [0.29, 0.717) is 24.9 Å². The van der Waals surface area contributed by atoms with E-state index < -0.39 is 104 Å². The minimum atomic E-state index is -1.28. The Kier molecular flexibility index (Phi) is 39.5. The number of amides is 9. The molecule has 29 nitrogen and oxygen atoms in total. The standard InChI is InChI=1S/C29H45N13O13.3CO.Re/c30-18(28(52)53)7-17-14-42(41-40-17)15-27(51)32-5-2-1-3-19(29(54)55)39-20(44)4-6-33-22(46)9-35-24(48)11-37-26(50)13-38-25(49)12-36-23(47)10-34-21(45)8-31-16-43;3*1-2;/h14,16,18-19H,1-13,15,30H2,(H,31,43)(H,32,51)(H,33,46)(H,34,45)(H,35,48)(H,36,47)(H,37,50)(H,38,49)(H,39,44)(H,52,53)(H,54,55);;;;/t18-,19?;;;;/m1..../s1. The Morgan fingerprint density at radius 2 is 1.08 bits per heavy atom. The first kappa shape index (κ1) is 61.8. The summed E-state index contributed by atoms with van der Waals surface area (Å²) in [4.78, 5) is 127. The van der Waals surface area contributed by atoms with Gasteiger partial charge in [-0.05, 0) is 19.3 Å². The van der Waals surface area contributed by atoms with Crippen molar-refractivity contribution in [2.45, 2.75) is 50.7 Å². The summed E-state index contributed by atoms with van der Waals surface area (Å²) < 4.78 is 23.7. The first-order valence-corrected chi connectivity index (χ1v) is 17.1. The summed E-state index contributed by atoms with van der Waals surface area (Å²) >= 11 is 0. The summed E-state index contributed by atoms with van der Waals surface area (Å²) in [6.07, 6.45) is 2.15. The number of nitrogens with one attached hydrogen (secondary N) is 9. The van der Waals surface area contributed by atoms with Crippen molar-refractivity contribution in [3.8, 4) is 0 Å². The number of aliphatic carboxylic acids is 2. The Labute approximate surface area is 365 Å². The Hall–Kier alpha value is -6.85. The Morgan fingerprint density at radius 3 is 1.52 bits per heavy atom. The van der Waals surface area contributed by atoms with Crippen molar-refractivity contribution in [1.29, 1.82) is 0 Å². The van der Waals surface area contributed by atoms with E-state index in [0.717, 1.165) is 0 Å². The number of hydrogen-bond acceptors (Lipinski definition) is 14. The zero-order valence-corrected chi connectivity index (χ0v) is 35.3. The van der Waals surface area contributed by atoms with Crippen LogP contribution in [0, 0.1) is 20.0 Å². The second kappa shape index (κ2) is 39.6. The molecule has 0 aromatic carbocycles. The van der Waals surface area contributed by atoms with Gasteiger partial charge in [0.05, 0.1) is 45.0 Å². The number of rotatable bonds is 28. The van der Waals surface area contributed by atoms with Crippen molar-refractivity contribution < 1.29 is 97.3 Å². The number of nitrogens with zero attached hydrogens (tertiary/aromatic N) is 3. The molecule has 1 rings (SSSR count). The Balaban J connectivity index is -0.00000229. The third kappa shape index (κ3) is 34.1. The average molecular weight is 1050 g/mol. The van der Waals surface area contributed by atoms with Gasteiger partial charge in [-0.25, -0.2) is 9.48 Å². The predicted octanol–water partition coefficient (Wildman–Crippen LogP) is -8.19. The monoisotopic (exact) mass is 1050 g/mol. The zero-order valence-electron chi connectivity index (χ0n) is 32.6. The molecule has 1 unspecified atom stereocenters. The summed E-state index contributed by atoms with van der Waals surface area (Å²) in [5, 5.41) is 46.3. The van der Waals surface area contributed by atoms with Crippen LogP contribution in [0.4, 0.5) is 0 Å². The molecule has 1 heterocycles. The third-order valence-corrected chi connectivity index (χ3v) is 6.76. The van der Waals surface area contributed by atoms with Crippen molar-refractivity contribution >= 4 is 65.6 Å². The maximum atomic E-state index is 12.2. The van der Waals surface area contributed by atoms with Gasteiger partial charge in [0.15, 0.2) is 0 Å². The zero-order chi connectivity index (χ0) is 47.2. The molecule has 62 heavy (non-hydrogen) atoms. The maximum Gasteiger partial charge on any atom is 0 e. The van der Waals surface area contributed by atoms with Crippen LogP contribution in [0.1, 0.15) is 31.4 Å². The molecule has 30 heteroatoms. The summed E-state index contributed by atoms with van der Waals surface area (Å²) in [6.45, 7) is 10.5. The van der Waals surface area contributed by atoms with Gasteiger partial charge in [-0.15, -0.1) is 5.10 Å². The number of hydrogen-bond donors (Lipinski definition) is 12. The van der Waals surface area contributed by atoms with Crippen molar-refractivity contribution in [2.75, 3.05) is 52.4 Å². The van der Waals surface area contributed by atoms with Gasteiger partial charge < -0.3 is 63.8 Å². The van der Waals surface area contributed by atoms with Crippen LogP contribution in [0.15, 0.2) is 6.20 Å². The van der Waals surface area contributed by atoms with Crippen LogP contribution in [-0.2, 0) is 100 Å². The van der Waals surface area contributed by atoms with E-state index in [4.69, 9.17) is 24.8 Å². The van der Waals surface area contributed by atoms with Gasteiger partial charge in [-0.3, -0.25) is 47.9 Å². The van der Waals surface area contributed by atoms with Crippen LogP contribution < -0.4 is 53.6 Å². The van der Waals surface area contributed by atoms with Crippen molar-refractivity contribution in [1.82, 2.24) is 62.8 Å². The molecule has 0 fully saturated rings. The summed E-state index contributed by atoms with van der Waals surface area (Å²) in [5.41, 5.74) is 5.75. The van der Waals surface area contributed by atoms with Crippen molar-refractivity contribution in [3.05, 3.63) is 31.8 Å².